The lowest BCUT2D eigenvalue weighted by atomic mass is 10.1. The molecule has 0 aliphatic carbocycles. The Hall–Kier alpha value is -2.66. The Labute approximate surface area is 157 Å². The van der Waals surface area contributed by atoms with Gasteiger partial charge in [0.1, 0.15) is 0 Å². The predicted octanol–water partition coefficient (Wildman–Crippen LogP) is 5.37. The van der Waals surface area contributed by atoms with Crippen molar-refractivity contribution in [3.05, 3.63) is 72.6 Å². The summed E-state index contributed by atoms with van der Waals surface area (Å²) in [7, 11) is 0. The Kier molecular flexibility index (Phi) is 4.71. The van der Waals surface area contributed by atoms with Crippen LogP contribution in [-0.2, 0) is 6.54 Å². The van der Waals surface area contributed by atoms with Crippen molar-refractivity contribution in [2.75, 3.05) is 0 Å². The van der Waals surface area contributed by atoms with Crippen molar-refractivity contribution in [1.82, 2.24) is 19.7 Å². The van der Waals surface area contributed by atoms with E-state index in [0.717, 1.165) is 23.1 Å². The standard InChI is InChI=1S/C21H20N4S/c1-3-25-20(17-10-12-22-13-11-17)23-24-21(25)26-15(2)18-9-8-16-6-4-5-7-19(16)14-18/h4-15H,3H2,1-2H3. The minimum atomic E-state index is 0.291. The molecule has 26 heavy (non-hydrogen) atoms. The lowest BCUT2D eigenvalue weighted by Gasteiger charge is -2.13. The molecule has 0 saturated heterocycles. The van der Waals surface area contributed by atoms with Crippen molar-refractivity contribution in [2.45, 2.75) is 30.8 Å². The van der Waals surface area contributed by atoms with Gasteiger partial charge in [0.05, 0.1) is 0 Å². The third-order valence-corrected chi connectivity index (χ3v) is 5.64. The molecule has 5 heteroatoms. The summed E-state index contributed by atoms with van der Waals surface area (Å²) < 4.78 is 2.16. The quantitative estimate of drug-likeness (QED) is 0.449. The van der Waals surface area contributed by atoms with Gasteiger partial charge in [0.2, 0.25) is 0 Å². The molecule has 1 atom stereocenters. The van der Waals surface area contributed by atoms with E-state index in [4.69, 9.17) is 0 Å². The third-order valence-electron chi connectivity index (χ3n) is 4.50. The number of benzene rings is 2. The number of nitrogens with zero attached hydrogens (tertiary/aromatic N) is 4. The Morgan fingerprint density at radius 2 is 1.73 bits per heavy atom. The average molecular weight is 360 g/mol. The zero-order chi connectivity index (χ0) is 17.9. The Morgan fingerprint density at radius 3 is 2.50 bits per heavy atom. The minimum absolute atomic E-state index is 0.291. The van der Waals surface area contributed by atoms with Crippen LogP contribution in [0.25, 0.3) is 22.2 Å². The zero-order valence-electron chi connectivity index (χ0n) is 14.8. The molecular weight excluding hydrogens is 340 g/mol. The van der Waals surface area contributed by atoms with Gasteiger partial charge < -0.3 is 4.57 Å². The van der Waals surface area contributed by atoms with E-state index >= 15 is 0 Å². The van der Waals surface area contributed by atoms with E-state index in [1.165, 1.54) is 16.3 Å². The van der Waals surface area contributed by atoms with E-state index in [-0.39, 0.29) is 0 Å². The Bertz CT molecular complexity index is 1030. The molecule has 0 amide bonds. The molecule has 2 heterocycles. The summed E-state index contributed by atoms with van der Waals surface area (Å²) in [6.07, 6.45) is 3.57. The van der Waals surface area contributed by atoms with Crippen LogP contribution >= 0.6 is 11.8 Å². The van der Waals surface area contributed by atoms with Gasteiger partial charge in [-0.15, -0.1) is 10.2 Å². The number of pyridine rings is 1. The number of fused-ring (bicyclic) bond motifs is 1. The highest BCUT2D eigenvalue weighted by molar-refractivity contribution is 7.99. The zero-order valence-corrected chi connectivity index (χ0v) is 15.6. The van der Waals surface area contributed by atoms with Gasteiger partial charge in [-0.1, -0.05) is 54.2 Å². The first-order valence-corrected chi connectivity index (χ1v) is 9.63. The lowest BCUT2D eigenvalue weighted by Crippen LogP contribution is -2.01. The van der Waals surface area contributed by atoms with Gasteiger partial charge in [-0.3, -0.25) is 4.98 Å². The van der Waals surface area contributed by atoms with Crippen LogP contribution < -0.4 is 0 Å². The molecule has 2 aromatic heterocycles. The molecule has 0 aliphatic heterocycles. The van der Waals surface area contributed by atoms with Crippen LogP contribution in [0.4, 0.5) is 0 Å². The van der Waals surface area contributed by atoms with E-state index in [9.17, 15) is 0 Å². The molecule has 0 radical (unpaired) electrons. The number of rotatable bonds is 5. The van der Waals surface area contributed by atoms with E-state index in [1.807, 2.05) is 12.1 Å². The smallest absolute Gasteiger partial charge is 0.192 e. The van der Waals surface area contributed by atoms with Crippen LogP contribution in [0.1, 0.15) is 24.7 Å². The second kappa shape index (κ2) is 7.30. The van der Waals surface area contributed by atoms with Crippen molar-refractivity contribution >= 4 is 22.5 Å². The molecule has 0 aliphatic rings. The fourth-order valence-electron chi connectivity index (χ4n) is 3.06. The molecule has 1 unspecified atom stereocenters. The van der Waals surface area contributed by atoms with Crippen LogP contribution in [0, 0.1) is 0 Å². The molecular formula is C21H20N4S. The molecule has 4 nitrogen and oxygen atoms in total. The summed E-state index contributed by atoms with van der Waals surface area (Å²) in [5.74, 6) is 0.892. The minimum Gasteiger partial charge on any atom is -0.302 e. The van der Waals surface area contributed by atoms with Gasteiger partial charge >= 0.3 is 0 Å². The maximum atomic E-state index is 4.45. The van der Waals surface area contributed by atoms with Crippen LogP contribution in [0.2, 0.25) is 0 Å². The van der Waals surface area contributed by atoms with Crippen LogP contribution in [0.3, 0.4) is 0 Å². The number of hydrogen-bond donors (Lipinski definition) is 0. The normalized spacial score (nSPS) is 12.4. The highest BCUT2D eigenvalue weighted by Gasteiger charge is 2.17. The van der Waals surface area contributed by atoms with Crippen LogP contribution in [0.15, 0.2) is 72.1 Å². The second-order valence-corrected chi connectivity index (χ2v) is 7.46. The van der Waals surface area contributed by atoms with Gasteiger partial charge in [-0.25, -0.2) is 0 Å². The molecule has 0 saturated carbocycles. The van der Waals surface area contributed by atoms with Crippen molar-refractivity contribution in [1.29, 1.82) is 0 Å². The van der Waals surface area contributed by atoms with Gasteiger partial charge in [0.25, 0.3) is 0 Å². The van der Waals surface area contributed by atoms with Gasteiger partial charge in [0, 0.05) is 29.8 Å². The molecule has 0 N–H and O–H groups in total. The highest BCUT2D eigenvalue weighted by Crippen LogP contribution is 2.36. The largest absolute Gasteiger partial charge is 0.302 e. The van der Waals surface area contributed by atoms with E-state index in [0.29, 0.717) is 5.25 Å². The fourth-order valence-corrected chi connectivity index (χ4v) is 4.09. The number of hydrogen-bond acceptors (Lipinski definition) is 4. The topological polar surface area (TPSA) is 43.6 Å². The fraction of sp³-hybridized carbons (Fsp3) is 0.190. The first kappa shape index (κ1) is 16.8. The summed E-state index contributed by atoms with van der Waals surface area (Å²) in [5, 5.41) is 12.6. The van der Waals surface area contributed by atoms with Crippen molar-refractivity contribution in [3.63, 3.8) is 0 Å². The van der Waals surface area contributed by atoms with Gasteiger partial charge in [-0.2, -0.15) is 0 Å². The summed E-state index contributed by atoms with van der Waals surface area (Å²) in [6, 6.07) is 19.1. The monoisotopic (exact) mass is 360 g/mol. The molecule has 2 aromatic carbocycles. The maximum Gasteiger partial charge on any atom is 0.192 e. The third kappa shape index (κ3) is 3.22. The molecule has 0 bridgehead atoms. The molecule has 4 rings (SSSR count). The maximum absolute atomic E-state index is 4.45. The first-order chi connectivity index (χ1) is 12.8. The molecule has 130 valence electrons. The molecule has 0 spiro atoms. The van der Waals surface area contributed by atoms with Crippen molar-refractivity contribution < 1.29 is 0 Å². The van der Waals surface area contributed by atoms with Crippen LogP contribution in [-0.4, -0.2) is 19.7 Å². The summed E-state index contributed by atoms with van der Waals surface area (Å²) in [6.45, 7) is 5.17. The number of aromatic nitrogens is 4. The summed E-state index contributed by atoms with van der Waals surface area (Å²) >= 11 is 1.75. The summed E-state index contributed by atoms with van der Waals surface area (Å²) in [4.78, 5) is 4.08. The molecule has 4 aromatic rings. The van der Waals surface area contributed by atoms with Crippen molar-refractivity contribution in [3.8, 4) is 11.4 Å². The number of thioether (sulfide) groups is 1. The van der Waals surface area contributed by atoms with E-state index < -0.39 is 0 Å². The second-order valence-electron chi connectivity index (χ2n) is 6.15. The Balaban J connectivity index is 1.63. The molecule has 0 fully saturated rings. The van der Waals surface area contributed by atoms with E-state index in [1.54, 1.807) is 24.2 Å². The van der Waals surface area contributed by atoms with Crippen LogP contribution in [0.5, 0.6) is 0 Å². The van der Waals surface area contributed by atoms with Gasteiger partial charge in [-0.05, 0) is 42.3 Å². The lowest BCUT2D eigenvalue weighted by molar-refractivity contribution is 0.685. The average Bonchev–Trinajstić information content (AvgIpc) is 3.10. The van der Waals surface area contributed by atoms with Gasteiger partial charge in [0.15, 0.2) is 11.0 Å². The van der Waals surface area contributed by atoms with Crippen molar-refractivity contribution in [2.24, 2.45) is 0 Å². The first-order valence-electron chi connectivity index (χ1n) is 8.75. The SMILES string of the molecule is CCn1c(SC(C)c2ccc3ccccc3c2)nnc1-c1ccncc1. The summed E-state index contributed by atoms with van der Waals surface area (Å²) in [5.41, 5.74) is 2.34. The predicted molar refractivity (Wildman–Crippen MR) is 107 cm³/mol. The Morgan fingerprint density at radius 1 is 0.962 bits per heavy atom. The highest BCUT2D eigenvalue weighted by atomic mass is 32.2. The van der Waals surface area contributed by atoms with E-state index in [2.05, 4.69) is 76.1 Å².